The van der Waals surface area contributed by atoms with Crippen molar-refractivity contribution >= 4 is 17.7 Å². The maximum Gasteiger partial charge on any atom is 0.233 e. The number of halogens is 2. The zero-order valence-electron chi connectivity index (χ0n) is 19.6. The third-order valence-corrected chi connectivity index (χ3v) is 6.36. The van der Waals surface area contributed by atoms with Gasteiger partial charge in [-0.25, -0.2) is 8.78 Å². The van der Waals surface area contributed by atoms with Crippen LogP contribution in [0.15, 0.2) is 109 Å². The first-order valence-corrected chi connectivity index (χ1v) is 11.9. The standard InChI is InChI=1S/C31H25F2NO2/c32-25-13-9-22(10-14-25)7-4-8-29-30(34(31(29)35)27-17-15-26(33)16-18-27)24-11-19-28(20-12-24)36-21-23-5-2-1-3-6-23/h1-7,9-20,29-30H,8,21H2/t29?,30-/m1/s1. The quantitative estimate of drug-likeness (QED) is 0.246. The molecule has 4 aromatic rings. The first-order chi connectivity index (χ1) is 17.6. The van der Waals surface area contributed by atoms with Crippen molar-refractivity contribution in [1.82, 2.24) is 0 Å². The summed E-state index contributed by atoms with van der Waals surface area (Å²) in [5, 5.41) is 0. The van der Waals surface area contributed by atoms with E-state index in [1.54, 1.807) is 29.2 Å². The Kier molecular flexibility index (Phi) is 6.89. The monoisotopic (exact) mass is 481 g/mol. The van der Waals surface area contributed by atoms with Gasteiger partial charge in [-0.15, -0.1) is 0 Å². The minimum Gasteiger partial charge on any atom is -0.489 e. The normalized spacial score (nSPS) is 17.3. The number of ether oxygens (including phenoxy) is 1. The van der Waals surface area contributed by atoms with Crippen LogP contribution in [0.3, 0.4) is 0 Å². The Morgan fingerprint density at radius 3 is 2.08 bits per heavy atom. The number of carbonyl (C=O) groups is 1. The molecule has 2 atom stereocenters. The fourth-order valence-corrected chi connectivity index (χ4v) is 4.48. The summed E-state index contributed by atoms with van der Waals surface area (Å²) in [6.07, 6.45) is 4.37. The lowest BCUT2D eigenvalue weighted by Gasteiger charge is -2.47. The Morgan fingerprint density at radius 2 is 1.42 bits per heavy atom. The van der Waals surface area contributed by atoms with E-state index in [1.807, 2.05) is 66.7 Å². The topological polar surface area (TPSA) is 29.5 Å². The molecule has 1 amide bonds. The number of hydrogen-bond donors (Lipinski definition) is 0. The van der Waals surface area contributed by atoms with Crippen LogP contribution in [0.5, 0.6) is 5.75 Å². The summed E-state index contributed by atoms with van der Waals surface area (Å²) in [6, 6.07) is 29.7. The van der Waals surface area contributed by atoms with Crippen LogP contribution >= 0.6 is 0 Å². The van der Waals surface area contributed by atoms with Crippen LogP contribution < -0.4 is 9.64 Å². The molecule has 0 saturated carbocycles. The van der Waals surface area contributed by atoms with Gasteiger partial charge in [-0.1, -0.05) is 66.7 Å². The van der Waals surface area contributed by atoms with Gasteiger partial charge in [-0.3, -0.25) is 4.79 Å². The van der Waals surface area contributed by atoms with Crippen molar-refractivity contribution in [3.8, 4) is 5.75 Å². The molecule has 0 N–H and O–H groups in total. The van der Waals surface area contributed by atoms with Crippen molar-refractivity contribution < 1.29 is 18.3 Å². The molecule has 0 aliphatic carbocycles. The van der Waals surface area contributed by atoms with Gasteiger partial charge >= 0.3 is 0 Å². The highest BCUT2D eigenvalue weighted by atomic mass is 19.1. The number of benzene rings is 4. The van der Waals surface area contributed by atoms with Gasteiger partial charge in [0.05, 0.1) is 12.0 Å². The molecule has 1 saturated heterocycles. The zero-order chi connectivity index (χ0) is 24.9. The SMILES string of the molecule is O=C1C(CC=Cc2ccc(F)cc2)[C@@H](c2ccc(OCc3ccccc3)cc2)N1c1ccc(F)cc1. The summed E-state index contributed by atoms with van der Waals surface area (Å²) >= 11 is 0. The molecular weight excluding hydrogens is 456 g/mol. The lowest BCUT2D eigenvalue weighted by Crippen LogP contribution is -2.55. The van der Waals surface area contributed by atoms with Gasteiger partial charge in [-0.05, 0) is 71.6 Å². The van der Waals surface area contributed by atoms with Crippen LogP contribution in [0.2, 0.25) is 0 Å². The van der Waals surface area contributed by atoms with Crippen LogP contribution in [0, 0.1) is 17.6 Å². The van der Waals surface area contributed by atoms with Crippen LogP contribution in [0.25, 0.3) is 6.08 Å². The average Bonchev–Trinajstić information content (AvgIpc) is 2.91. The van der Waals surface area contributed by atoms with E-state index in [1.165, 1.54) is 24.3 Å². The third-order valence-electron chi connectivity index (χ3n) is 6.36. The highest BCUT2D eigenvalue weighted by molar-refractivity contribution is 6.03. The van der Waals surface area contributed by atoms with Gasteiger partial charge in [0.25, 0.3) is 0 Å². The number of carbonyl (C=O) groups excluding carboxylic acids is 1. The minimum atomic E-state index is -0.345. The summed E-state index contributed by atoms with van der Waals surface area (Å²) < 4.78 is 32.6. The summed E-state index contributed by atoms with van der Waals surface area (Å²) in [6.45, 7) is 0.473. The highest BCUT2D eigenvalue weighted by Gasteiger charge is 2.47. The Balaban J connectivity index is 1.34. The van der Waals surface area contributed by atoms with Gasteiger partial charge in [0.1, 0.15) is 24.0 Å². The maximum absolute atomic E-state index is 13.5. The zero-order valence-corrected chi connectivity index (χ0v) is 19.6. The predicted molar refractivity (Wildman–Crippen MR) is 137 cm³/mol. The van der Waals surface area contributed by atoms with Gasteiger partial charge in [0, 0.05) is 5.69 Å². The number of nitrogens with zero attached hydrogens (tertiary/aromatic N) is 1. The van der Waals surface area contributed by atoms with Crippen molar-refractivity contribution in [3.05, 3.63) is 138 Å². The number of hydrogen-bond acceptors (Lipinski definition) is 2. The van der Waals surface area contributed by atoms with Crippen molar-refractivity contribution in [1.29, 1.82) is 0 Å². The molecule has 1 heterocycles. The first-order valence-electron chi connectivity index (χ1n) is 11.9. The molecule has 180 valence electrons. The van der Waals surface area contributed by atoms with E-state index in [0.29, 0.717) is 18.7 Å². The van der Waals surface area contributed by atoms with Gasteiger partial charge in [0.15, 0.2) is 0 Å². The highest BCUT2D eigenvalue weighted by Crippen LogP contribution is 2.45. The lowest BCUT2D eigenvalue weighted by molar-refractivity contribution is -0.130. The first kappa shape index (κ1) is 23.5. The van der Waals surface area contributed by atoms with Crippen molar-refractivity contribution in [2.24, 2.45) is 5.92 Å². The second-order valence-electron chi connectivity index (χ2n) is 8.77. The van der Waals surface area contributed by atoms with Gasteiger partial charge in [0.2, 0.25) is 5.91 Å². The van der Waals surface area contributed by atoms with E-state index in [4.69, 9.17) is 4.74 Å². The van der Waals surface area contributed by atoms with E-state index >= 15 is 0 Å². The smallest absolute Gasteiger partial charge is 0.233 e. The lowest BCUT2D eigenvalue weighted by atomic mass is 9.79. The summed E-state index contributed by atoms with van der Waals surface area (Å²) in [4.78, 5) is 14.9. The Morgan fingerprint density at radius 1 is 0.778 bits per heavy atom. The van der Waals surface area contributed by atoms with E-state index < -0.39 is 0 Å². The van der Waals surface area contributed by atoms with Crippen LogP contribution in [0.1, 0.15) is 29.2 Å². The fraction of sp³-hybridized carbons (Fsp3) is 0.129. The van der Waals surface area contributed by atoms with Crippen LogP contribution in [-0.4, -0.2) is 5.91 Å². The largest absolute Gasteiger partial charge is 0.489 e. The molecule has 3 nitrogen and oxygen atoms in total. The van der Waals surface area contributed by atoms with E-state index in [9.17, 15) is 13.6 Å². The molecule has 5 heteroatoms. The molecule has 0 bridgehead atoms. The molecular formula is C31H25F2NO2. The molecule has 0 aromatic heterocycles. The molecule has 1 aliphatic rings. The molecule has 36 heavy (non-hydrogen) atoms. The van der Waals surface area contributed by atoms with E-state index in [-0.39, 0.29) is 29.5 Å². The third kappa shape index (κ3) is 5.20. The Hall–Kier alpha value is -4.25. The predicted octanol–water partition coefficient (Wildman–Crippen LogP) is 7.35. The Bertz CT molecular complexity index is 1330. The fourth-order valence-electron chi connectivity index (χ4n) is 4.48. The average molecular weight is 482 g/mol. The number of allylic oxidation sites excluding steroid dienone is 1. The van der Waals surface area contributed by atoms with Crippen molar-refractivity contribution in [2.45, 2.75) is 19.1 Å². The molecule has 5 rings (SSSR count). The minimum absolute atomic E-state index is 0.0141. The molecule has 4 aromatic carbocycles. The maximum atomic E-state index is 13.5. The van der Waals surface area contributed by atoms with E-state index in [0.717, 1.165) is 22.4 Å². The van der Waals surface area contributed by atoms with Gasteiger partial charge in [-0.2, -0.15) is 0 Å². The molecule has 0 spiro atoms. The summed E-state index contributed by atoms with van der Waals surface area (Å²) in [5.74, 6) is -0.161. The molecule has 1 unspecified atom stereocenters. The molecule has 1 fully saturated rings. The number of β-lactam (4-membered cyclic amide) rings is 1. The number of anilines is 1. The second-order valence-corrected chi connectivity index (χ2v) is 8.77. The second kappa shape index (κ2) is 10.6. The molecule has 0 radical (unpaired) electrons. The van der Waals surface area contributed by atoms with Crippen LogP contribution in [-0.2, 0) is 11.4 Å². The number of amides is 1. The molecule has 1 aliphatic heterocycles. The Labute approximate surface area is 209 Å². The van der Waals surface area contributed by atoms with Crippen molar-refractivity contribution in [2.75, 3.05) is 4.90 Å². The van der Waals surface area contributed by atoms with Gasteiger partial charge < -0.3 is 9.64 Å². The number of rotatable bonds is 8. The van der Waals surface area contributed by atoms with Crippen molar-refractivity contribution in [3.63, 3.8) is 0 Å². The van der Waals surface area contributed by atoms with Crippen LogP contribution in [0.4, 0.5) is 14.5 Å². The van der Waals surface area contributed by atoms with E-state index in [2.05, 4.69) is 0 Å². The summed E-state index contributed by atoms with van der Waals surface area (Å²) in [5.41, 5.74) is 3.59. The summed E-state index contributed by atoms with van der Waals surface area (Å²) in [7, 11) is 0.